The molecule has 1 aromatic heterocycles. The van der Waals surface area contributed by atoms with Gasteiger partial charge < -0.3 is 19.0 Å². The fourth-order valence-corrected chi connectivity index (χ4v) is 4.52. The third-order valence-electron chi connectivity index (χ3n) is 6.03. The van der Waals surface area contributed by atoms with Crippen LogP contribution in [0.25, 0.3) is 11.5 Å². The molecule has 1 heterocycles. The van der Waals surface area contributed by atoms with E-state index in [1.54, 1.807) is 24.3 Å². The van der Waals surface area contributed by atoms with E-state index in [0.29, 0.717) is 24.7 Å². The van der Waals surface area contributed by atoms with Gasteiger partial charge in [-0.2, -0.15) is 0 Å². The van der Waals surface area contributed by atoms with Crippen LogP contribution in [0.3, 0.4) is 0 Å². The molecule has 4 aromatic rings. The first-order chi connectivity index (χ1) is 18.0. The van der Waals surface area contributed by atoms with Crippen molar-refractivity contribution in [2.45, 2.75) is 37.2 Å². The lowest BCUT2D eigenvalue weighted by Crippen LogP contribution is -2.43. The summed E-state index contributed by atoms with van der Waals surface area (Å²) in [5.74, 6) is 1.11. The molecule has 0 fully saturated rings. The summed E-state index contributed by atoms with van der Waals surface area (Å²) in [6.07, 6.45) is 1.78. The van der Waals surface area contributed by atoms with Gasteiger partial charge in [-0.05, 0) is 67.9 Å². The number of hydrogen-bond acceptors (Lipinski definition) is 7. The van der Waals surface area contributed by atoms with Crippen molar-refractivity contribution in [2.75, 3.05) is 12.9 Å². The minimum Gasteiger partial charge on any atom is -0.493 e. The van der Waals surface area contributed by atoms with Crippen LogP contribution in [0.15, 0.2) is 88.2 Å². The predicted molar refractivity (Wildman–Crippen MR) is 142 cm³/mol. The molecular weight excluding hydrogens is 506 g/mol. The van der Waals surface area contributed by atoms with Crippen LogP contribution in [0.1, 0.15) is 23.9 Å². The highest BCUT2D eigenvalue weighted by Gasteiger charge is 2.36. The van der Waals surface area contributed by atoms with E-state index in [-0.39, 0.29) is 17.1 Å². The SMILES string of the molecule is Cc1oc(-c2ccccc2)nc1CCOc1ccc(C[C@](C)(Oc2ccc(S(C)(=O)=O)cc2)C(=O)O)cc1. The first-order valence-electron chi connectivity index (χ1n) is 12.0. The maximum absolute atomic E-state index is 12.1. The van der Waals surface area contributed by atoms with Crippen LogP contribution in [-0.2, 0) is 27.5 Å². The van der Waals surface area contributed by atoms with Gasteiger partial charge in [0, 0.05) is 24.7 Å². The number of carboxylic acid groups (broad SMARTS) is 1. The van der Waals surface area contributed by atoms with E-state index in [0.717, 1.165) is 28.8 Å². The summed E-state index contributed by atoms with van der Waals surface area (Å²) < 4.78 is 40.8. The summed E-state index contributed by atoms with van der Waals surface area (Å²) in [6.45, 7) is 3.76. The summed E-state index contributed by atoms with van der Waals surface area (Å²) in [5, 5.41) is 9.86. The molecule has 0 spiro atoms. The lowest BCUT2D eigenvalue weighted by molar-refractivity contribution is -0.153. The third-order valence-corrected chi connectivity index (χ3v) is 7.16. The molecule has 0 saturated carbocycles. The highest BCUT2D eigenvalue weighted by Crippen LogP contribution is 2.26. The second-order valence-electron chi connectivity index (χ2n) is 9.19. The maximum Gasteiger partial charge on any atom is 0.348 e. The molecule has 0 amide bonds. The Kier molecular flexibility index (Phi) is 7.87. The minimum absolute atomic E-state index is 0.0941. The molecule has 4 rings (SSSR count). The molecule has 9 heteroatoms. The number of aliphatic carboxylic acids is 1. The molecule has 0 radical (unpaired) electrons. The van der Waals surface area contributed by atoms with Crippen molar-refractivity contribution in [2.24, 2.45) is 0 Å². The Labute approximate surface area is 221 Å². The number of carbonyl (C=O) groups is 1. The van der Waals surface area contributed by atoms with Crippen molar-refractivity contribution < 1.29 is 32.2 Å². The normalized spacial score (nSPS) is 13.0. The Balaban J connectivity index is 1.35. The van der Waals surface area contributed by atoms with Crippen LogP contribution >= 0.6 is 0 Å². The second kappa shape index (κ2) is 11.1. The molecular formula is C29H29NO7S. The van der Waals surface area contributed by atoms with Crippen LogP contribution in [0.5, 0.6) is 11.5 Å². The van der Waals surface area contributed by atoms with Crippen LogP contribution < -0.4 is 9.47 Å². The van der Waals surface area contributed by atoms with Crippen molar-refractivity contribution in [3.8, 4) is 23.0 Å². The van der Waals surface area contributed by atoms with Gasteiger partial charge in [-0.15, -0.1) is 0 Å². The molecule has 0 saturated heterocycles. The molecule has 0 aliphatic heterocycles. The van der Waals surface area contributed by atoms with Gasteiger partial charge in [0.05, 0.1) is 17.2 Å². The summed E-state index contributed by atoms with van der Waals surface area (Å²) in [7, 11) is -3.36. The van der Waals surface area contributed by atoms with E-state index in [1.807, 2.05) is 37.3 Å². The largest absolute Gasteiger partial charge is 0.493 e. The first-order valence-corrected chi connectivity index (χ1v) is 13.9. The molecule has 1 atom stereocenters. The Morgan fingerprint density at radius 3 is 2.21 bits per heavy atom. The van der Waals surface area contributed by atoms with Crippen molar-refractivity contribution in [1.29, 1.82) is 0 Å². The van der Waals surface area contributed by atoms with Crippen LogP contribution in [0.4, 0.5) is 0 Å². The molecule has 0 aliphatic carbocycles. The molecule has 198 valence electrons. The molecule has 8 nitrogen and oxygen atoms in total. The van der Waals surface area contributed by atoms with Gasteiger partial charge in [0.2, 0.25) is 11.5 Å². The number of rotatable bonds is 11. The number of carboxylic acids is 1. The van der Waals surface area contributed by atoms with Crippen LogP contribution in [-0.4, -0.2) is 42.9 Å². The molecule has 1 N–H and O–H groups in total. The van der Waals surface area contributed by atoms with E-state index in [4.69, 9.17) is 13.9 Å². The van der Waals surface area contributed by atoms with Crippen molar-refractivity contribution >= 4 is 15.8 Å². The molecule has 0 bridgehead atoms. The zero-order valence-electron chi connectivity index (χ0n) is 21.4. The topological polar surface area (TPSA) is 116 Å². The summed E-state index contributed by atoms with van der Waals surface area (Å²) in [5.41, 5.74) is 0.937. The lowest BCUT2D eigenvalue weighted by Gasteiger charge is -2.26. The van der Waals surface area contributed by atoms with Gasteiger partial charge >= 0.3 is 5.97 Å². The molecule has 0 unspecified atom stereocenters. The number of ether oxygens (including phenoxy) is 2. The van der Waals surface area contributed by atoms with E-state index in [1.165, 1.54) is 31.2 Å². The number of oxazole rings is 1. The van der Waals surface area contributed by atoms with Crippen molar-refractivity contribution in [1.82, 2.24) is 4.98 Å². The van der Waals surface area contributed by atoms with Crippen molar-refractivity contribution in [3.63, 3.8) is 0 Å². The van der Waals surface area contributed by atoms with Gasteiger partial charge in [-0.3, -0.25) is 0 Å². The van der Waals surface area contributed by atoms with Crippen LogP contribution in [0, 0.1) is 6.92 Å². The second-order valence-corrected chi connectivity index (χ2v) is 11.2. The Morgan fingerprint density at radius 1 is 0.974 bits per heavy atom. The van der Waals surface area contributed by atoms with E-state index >= 15 is 0 Å². The maximum atomic E-state index is 12.1. The third kappa shape index (κ3) is 6.60. The number of aromatic nitrogens is 1. The zero-order chi connectivity index (χ0) is 27.3. The highest BCUT2D eigenvalue weighted by atomic mass is 32.2. The summed E-state index contributed by atoms with van der Waals surface area (Å²) in [4.78, 5) is 16.8. The predicted octanol–water partition coefficient (Wildman–Crippen LogP) is 5.14. The smallest absolute Gasteiger partial charge is 0.348 e. The highest BCUT2D eigenvalue weighted by molar-refractivity contribution is 7.90. The molecule has 3 aromatic carbocycles. The van der Waals surface area contributed by atoms with Gasteiger partial charge in [0.15, 0.2) is 9.84 Å². The van der Waals surface area contributed by atoms with E-state index in [2.05, 4.69) is 4.98 Å². The van der Waals surface area contributed by atoms with Gasteiger partial charge in [-0.25, -0.2) is 18.2 Å². The minimum atomic E-state index is -3.36. The molecule has 0 aliphatic rings. The number of hydrogen-bond donors (Lipinski definition) is 1. The number of aryl methyl sites for hydroxylation is 1. The lowest BCUT2D eigenvalue weighted by atomic mass is 9.96. The molecule has 38 heavy (non-hydrogen) atoms. The van der Waals surface area contributed by atoms with Gasteiger partial charge in [-0.1, -0.05) is 30.3 Å². The Morgan fingerprint density at radius 2 is 1.61 bits per heavy atom. The zero-order valence-corrected chi connectivity index (χ0v) is 22.2. The number of sulfone groups is 1. The standard InChI is InChI=1S/C29H29NO7S/c1-20-26(30-27(36-20)22-7-5-4-6-8-22)17-18-35-23-11-9-21(10-12-23)19-29(2,28(31)32)37-24-13-15-25(16-14-24)38(3,33)34/h4-16H,17-19H2,1-3H3,(H,31,32)/t29-/m0/s1. The summed E-state index contributed by atoms with van der Waals surface area (Å²) in [6, 6.07) is 22.5. The van der Waals surface area contributed by atoms with Gasteiger partial charge in [0.25, 0.3) is 0 Å². The monoisotopic (exact) mass is 535 g/mol. The number of nitrogens with zero attached hydrogens (tertiary/aromatic N) is 1. The van der Waals surface area contributed by atoms with E-state index in [9.17, 15) is 18.3 Å². The summed E-state index contributed by atoms with van der Waals surface area (Å²) >= 11 is 0. The van der Waals surface area contributed by atoms with Gasteiger partial charge in [0.1, 0.15) is 17.3 Å². The van der Waals surface area contributed by atoms with Crippen molar-refractivity contribution in [3.05, 3.63) is 95.9 Å². The average Bonchev–Trinajstić information content (AvgIpc) is 3.25. The fourth-order valence-electron chi connectivity index (χ4n) is 3.89. The first kappa shape index (κ1) is 26.9. The number of benzene rings is 3. The van der Waals surface area contributed by atoms with E-state index < -0.39 is 21.4 Å². The Hall–Kier alpha value is -4.11. The quantitative estimate of drug-likeness (QED) is 0.281. The Bertz CT molecular complexity index is 1500. The fraction of sp³-hybridized carbons (Fsp3) is 0.241. The average molecular weight is 536 g/mol. The van der Waals surface area contributed by atoms with Crippen LogP contribution in [0.2, 0.25) is 0 Å².